The molecular weight excluding hydrogens is 460 g/mol. The van der Waals surface area contributed by atoms with Gasteiger partial charge in [-0.25, -0.2) is 8.42 Å². The number of rotatable bonds is 9. The van der Waals surface area contributed by atoms with Gasteiger partial charge < -0.3 is 4.98 Å². The second kappa shape index (κ2) is 10.4. The third-order valence-electron chi connectivity index (χ3n) is 6.13. The Bertz CT molecular complexity index is 1510. The van der Waals surface area contributed by atoms with Crippen LogP contribution in [0.3, 0.4) is 0 Å². The predicted octanol–water partition coefficient (Wildman–Crippen LogP) is 4.73. The van der Waals surface area contributed by atoms with Crippen molar-refractivity contribution < 1.29 is 13.2 Å². The Morgan fingerprint density at radius 3 is 2.29 bits per heavy atom. The molecule has 0 bridgehead atoms. The number of ketones is 1. The number of aryl methyl sites for hydroxylation is 1. The average Bonchev–Trinajstić information content (AvgIpc) is 2.87. The van der Waals surface area contributed by atoms with Crippen molar-refractivity contribution in [3.63, 3.8) is 0 Å². The SMILES string of the molecule is CCc1ccc2[nH]c(=O)c(CN(CCc3ccccc3)S(=O)(=O)c3ccc(C(C)=O)cc3)cc2c1. The number of H-pyrrole nitrogens is 1. The molecular formula is C28H28N2O4S. The quantitative estimate of drug-likeness (QED) is 0.345. The Balaban J connectivity index is 1.72. The lowest BCUT2D eigenvalue weighted by Gasteiger charge is -2.22. The Morgan fingerprint density at radius 1 is 0.914 bits per heavy atom. The summed E-state index contributed by atoms with van der Waals surface area (Å²) in [5.41, 5.74) is 3.36. The molecule has 1 aromatic heterocycles. The zero-order valence-electron chi connectivity index (χ0n) is 19.8. The van der Waals surface area contributed by atoms with Crippen LogP contribution >= 0.6 is 0 Å². The van der Waals surface area contributed by atoms with Gasteiger partial charge in [-0.2, -0.15) is 4.31 Å². The second-order valence-electron chi connectivity index (χ2n) is 8.55. The Kier molecular flexibility index (Phi) is 7.28. The van der Waals surface area contributed by atoms with Crippen LogP contribution in [-0.2, 0) is 29.4 Å². The van der Waals surface area contributed by atoms with Crippen molar-refractivity contribution in [1.82, 2.24) is 9.29 Å². The number of nitrogens with zero attached hydrogens (tertiary/aromatic N) is 1. The summed E-state index contributed by atoms with van der Waals surface area (Å²) in [6.07, 6.45) is 1.36. The number of carbonyl (C=O) groups is 1. The number of pyridine rings is 1. The van der Waals surface area contributed by atoms with Crippen LogP contribution in [0, 0.1) is 0 Å². The zero-order valence-corrected chi connectivity index (χ0v) is 20.6. The van der Waals surface area contributed by atoms with Crippen molar-refractivity contribution in [1.29, 1.82) is 0 Å². The van der Waals surface area contributed by atoms with E-state index in [1.54, 1.807) is 6.07 Å². The number of benzene rings is 3. The average molecular weight is 489 g/mol. The van der Waals surface area contributed by atoms with Crippen LogP contribution in [0.25, 0.3) is 10.9 Å². The van der Waals surface area contributed by atoms with Crippen molar-refractivity contribution >= 4 is 26.7 Å². The summed E-state index contributed by atoms with van der Waals surface area (Å²) in [5.74, 6) is -0.135. The minimum absolute atomic E-state index is 0.0642. The molecule has 1 heterocycles. The maximum absolute atomic E-state index is 13.6. The maximum Gasteiger partial charge on any atom is 0.252 e. The van der Waals surface area contributed by atoms with E-state index in [1.165, 1.54) is 35.5 Å². The van der Waals surface area contributed by atoms with Gasteiger partial charge in [0.2, 0.25) is 10.0 Å². The van der Waals surface area contributed by atoms with Crippen LogP contribution in [0.15, 0.2) is 88.6 Å². The lowest BCUT2D eigenvalue weighted by Crippen LogP contribution is -2.34. The van der Waals surface area contributed by atoms with E-state index in [9.17, 15) is 18.0 Å². The van der Waals surface area contributed by atoms with Gasteiger partial charge in [0.15, 0.2) is 5.78 Å². The minimum Gasteiger partial charge on any atom is -0.322 e. The summed E-state index contributed by atoms with van der Waals surface area (Å²) in [7, 11) is -3.93. The molecule has 6 nitrogen and oxygen atoms in total. The van der Waals surface area contributed by atoms with Crippen molar-refractivity contribution in [3.05, 3.63) is 111 Å². The molecule has 0 radical (unpaired) electrons. The molecule has 4 aromatic rings. The first kappa shape index (κ1) is 24.6. The highest BCUT2D eigenvalue weighted by Crippen LogP contribution is 2.21. The van der Waals surface area contributed by atoms with Gasteiger partial charge in [-0.05, 0) is 66.6 Å². The van der Waals surface area contributed by atoms with E-state index < -0.39 is 10.0 Å². The third kappa shape index (κ3) is 5.58. The van der Waals surface area contributed by atoms with Gasteiger partial charge in [-0.15, -0.1) is 0 Å². The number of aromatic nitrogens is 1. The van der Waals surface area contributed by atoms with Crippen LogP contribution in [0.4, 0.5) is 0 Å². The highest BCUT2D eigenvalue weighted by molar-refractivity contribution is 7.89. The summed E-state index contributed by atoms with van der Waals surface area (Å²) in [6.45, 7) is 3.63. The molecule has 7 heteroatoms. The van der Waals surface area contributed by atoms with Crippen molar-refractivity contribution in [2.45, 2.75) is 38.1 Å². The van der Waals surface area contributed by atoms with Gasteiger partial charge in [0, 0.05) is 29.7 Å². The molecule has 0 aliphatic heterocycles. The monoisotopic (exact) mass is 488 g/mol. The molecule has 0 atom stereocenters. The van der Waals surface area contributed by atoms with E-state index >= 15 is 0 Å². The molecule has 0 amide bonds. The van der Waals surface area contributed by atoms with Gasteiger partial charge in [0.25, 0.3) is 5.56 Å². The number of fused-ring (bicyclic) bond motifs is 1. The molecule has 0 fully saturated rings. The normalized spacial score (nSPS) is 11.7. The molecule has 4 rings (SSSR count). The molecule has 0 aliphatic carbocycles. The molecule has 35 heavy (non-hydrogen) atoms. The molecule has 0 saturated carbocycles. The third-order valence-corrected chi connectivity index (χ3v) is 7.99. The van der Waals surface area contributed by atoms with E-state index in [1.807, 2.05) is 48.5 Å². The summed E-state index contributed by atoms with van der Waals surface area (Å²) >= 11 is 0. The van der Waals surface area contributed by atoms with Gasteiger partial charge in [-0.1, -0.05) is 55.5 Å². The lowest BCUT2D eigenvalue weighted by molar-refractivity contribution is 0.101. The number of carbonyl (C=O) groups excluding carboxylic acids is 1. The van der Waals surface area contributed by atoms with Gasteiger partial charge in [-0.3, -0.25) is 9.59 Å². The van der Waals surface area contributed by atoms with Crippen LogP contribution in [0.1, 0.15) is 40.9 Å². The number of nitrogens with one attached hydrogen (secondary N) is 1. The molecule has 0 aliphatic rings. The molecule has 0 saturated heterocycles. The molecule has 1 N–H and O–H groups in total. The van der Waals surface area contributed by atoms with E-state index in [0.29, 0.717) is 17.5 Å². The van der Waals surface area contributed by atoms with Crippen LogP contribution < -0.4 is 5.56 Å². The first-order chi connectivity index (χ1) is 16.8. The highest BCUT2D eigenvalue weighted by atomic mass is 32.2. The Hall–Kier alpha value is -3.55. The van der Waals surface area contributed by atoms with E-state index in [-0.39, 0.29) is 29.3 Å². The number of Topliss-reactive ketones (excluding diaryl/α,β-unsaturated/α-hetero) is 1. The second-order valence-corrected chi connectivity index (χ2v) is 10.5. The highest BCUT2D eigenvalue weighted by Gasteiger charge is 2.26. The fourth-order valence-electron chi connectivity index (χ4n) is 4.02. The van der Waals surface area contributed by atoms with E-state index in [2.05, 4.69) is 11.9 Å². The summed E-state index contributed by atoms with van der Waals surface area (Å²) < 4.78 is 28.6. The Labute approximate surface area is 205 Å². The summed E-state index contributed by atoms with van der Waals surface area (Å²) in [6, 6.07) is 23.2. The van der Waals surface area contributed by atoms with Gasteiger partial charge in [0.05, 0.1) is 4.90 Å². The summed E-state index contributed by atoms with van der Waals surface area (Å²) in [5, 5.41) is 0.866. The topological polar surface area (TPSA) is 87.3 Å². The molecule has 0 spiro atoms. The number of hydrogen-bond donors (Lipinski definition) is 1. The Morgan fingerprint density at radius 2 is 1.63 bits per heavy atom. The van der Waals surface area contributed by atoms with Crippen molar-refractivity contribution in [3.8, 4) is 0 Å². The first-order valence-corrected chi connectivity index (χ1v) is 13.0. The first-order valence-electron chi connectivity index (χ1n) is 11.6. The standard InChI is InChI=1S/C28H28N2O4S/c1-3-21-9-14-27-24(17-21)18-25(28(32)29-27)19-30(16-15-22-7-5-4-6-8-22)35(33,34)26-12-10-23(11-13-26)20(2)31/h4-14,17-18H,3,15-16,19H2,1-2H3,(H,29,32). The fraction of sp³-hybridized carbons (Fsp3) is 0.214. The van der Waals surface area contributed by atoms with E-state index in [0.717, 1.165) is 28.5 Å². The molecule has 180 valence electrons. The number of hydrogen-bond acceptors (Lipinski definition) is 4. The predicted molar refractivity (Wildman–Crippen MR) is 138 cm³/mol. The zero-order chi connectivity index (χ0) is 25.0. The van der Waals surface area contributed by atoms with Crippen molar-refractivity contribution in [2.75, 3.05) is 6.54 Å². The van der Waals surface area contributed by atoms with Gasteiger partial charge >= 0.3 is 0 Å². The van der Waals surface area contributed by atoms with Crippen LogP contribution in [-0.4, -0.2) is 30.0 Å². The molecule has 3 aromatic carbocycles. The molecule has 0 unspecified atom stereocenters. The van der Waals surface area contributed by atoms with Crippen LogP contribution in [0.2, 0.25) is 0 Å². The number of aromatic amines is 1. The summed E-state index contributed by atoms with van der Waals surface area (Å²) in [4.78, 5) is 27.5. The van der Waals surface area contributed by atoms with Crippen molar-refractivity contribution in [2.24, 2.45) is 0 Å². The minimum atomic E-state index is -3.93. The largest absolute Gasteiger partial charge is 0.322 e. The fourth-order valence-corrected chi connectivity index (χ4v) is 5.44. The smallest absolute Gasteiger partial charge is 0.252 e. The maximum atomic E-state index is 13.6. The van der Waals surface area contributed by atoms with E-state index in [4.69, 9.17) is 0 Å². The lowest BCUT2D eigenvalue weighted by atomic mass is 10.1. The van der Waals surface area contributed by atoms with Gasteiger partial charge in [0.1, 0.15) is 0 Å². The number of sulfonamides is 1. The van der Waals surface area contributed by atoms with Crippen LogP contribution in [0.5, 0.6) is 0 Å².